The topological polar surface area (TPSA) is 99.3 Å². The van der Waals surface area contributed by atoms with Crippen LogP contribution in [0.4, 0.5) is 5.69 Å². The molecule has 2 aliphatic rings. The van der Waals surface area contributed by atoms with Crippen molar-refractivity contribution >= 4 is 17.5 Å². The van der Waals surface area contributed by atoms with Crippen LogP contribution < -0.4 is 15.4 Å². The van der Waals surface area contributed by atoms with Gasteiger partial charge in [-0.1, -0.05) is 12.1 Å². The fraction of sp³-hybridized carbons (Fsp3) is 0.346. The highest BCUT2D eigenvalue weighted by Crippen LogP contribution is 2.28. The molecule has 0 saturated carbocycles. The summed E-state index contributed by atoms with van der Waals surface area (Å²) in [5, 5.41) is 13.3. The fourth-order valence-electron chi connectivity index (χ4n) is 4.57. The van der Waals surface area contributed by atoms with Gasteiger partial charge in [0.25, 0.3) is 5.91 Å². The molecule has 0 atom stereocenters. The first-order valence-electron chi connectivity index (χ1n) is 11.8. The molecule has 3 aromatic rings. The number of nitrogens with zero attached hydrogens (tertiary/aromatic N) is 2. The summed E-state index contributed by atoms with van der Waals surface area (Å²) in [7, 11) is 0. The molecule has 0 spiro atoms. The molecule has 0 unspecified atom stereocenters. The lowest BCUT2D eigenvalue weighted by Crippen LogP contribution is -2.29. The quantitative estimate of drug-likeness (QED) is 0.504. The molecule has 3 heterocycles. The third-order valence-electron chi connectivity index (χ3n) is 6.45. The normalized spacial score (nSPS) is 15.6. The summed E-state index contributed by atoms with van der Waals surface area (Å²) in [6.45, 7) is 3.52. The Labute approximate surface area is 198 Å². The third kappa shape index (κ3) is 4.97. The minimum atomic E-state index is -0.224. The second-order valence-electron chi connectivity index (χ2n) is 8.72. The first kappa shape index (κ1) is 22.2. The van der Waals surface area contributed by atoms with Crippen molar-refractivity contribution in [1.82, 2.24) is 20.4 Å². The number of ether oxygens (including phenoxy) is 1. The SMILES string of the molecule is O=C(Nc1ccc2c(c1)CCNCC2)c1ccc(-c2cn[nH]c2)cc1OCCN1CCCC1=O. The number of carbonyl (C=O) groups excluding carboxylic acids is 2. The number of H-pyrrole nitrogens is 1. The lowest BCUT2D eigenvalue weighted by atomic mass is 10.0. The molecule has 8 heteroatoms. The van der Waals surface area contributed by atoms with Gasteiger partial charge in [0.1, 0.15) is 12.4 Å². The molecule has 0 aliphatic carbocycles. The van der Waals surface area contributed by atoms with Crippen LogP contribution in [-0.2, 0) is 17.6 Å². The zero-order valence-electron chi connectivity index (χ0n) is 19.1. The van der Waals surface area contributed by atoms with Crippen LogP contribution in [-0.4, -0.2) is 59.7 Å². The van der Waals surface area contributed by atoms with Gasteiger partial charge >= 0.3 is 0 Å². The predicted octanol–water partition coefficient (Wildman–Crippen LogP) is 3.02. The number of aromatic nitrogens is 2. The van der Waals surface area contributed by atoms with E-state index in [1.165, 1.54) is 11.1 Å². The smallest absolute Gasteiger partial charge is 0.259 e. The molecule has 2 amide bonds. The minimum Gasteiger partial charge on any atom is -0.491 e. The van der Waals surface area contributed by atoms with Gasteiger partial charge in [0.2, 0.25) is 5.91 Å². The lowest BCUT2D eigenvalue weighted by Gasteiger charge is -2.18. The van der Waals surface area contributed by atoms with E-state index in [1.54, 1.807) is 18.5 Å². The molecule has 2 aromatic carbocycles. The number of nitrogens with one attached hydrogen (secondary N) is 3. The number of aromatic amines is 1. The second kappa shape index (κ2) is 10.1. The zero-order valence-corrected chi connectivity index (χ0v) is 19.1. The van der Waals surface area contributed by atoms with Crippen LogP contribution in [0.25, 0.3) is 11.1 Å². The average molecular weight is 460 g/mol. The highest BCUT2D eigenvalue weighted by molar-refractivity contribution is 6.06. The van der Waals surface area contributed by atoms with Crippen molar-refractivity contribution in [2.24, 2.45) is 0 Å². The predicted molar refractivity (Wildman–Crippen MR) is 130 cm³/mol. The van der Waals surface area contributed by atoms with Crippen molar-refractivity contribution in [1.29, 1.82) is 0 Å². The van der Waals surface area contributed by atoms with Gasteiger partial charge in [-0.15, -0.1) is 0 Å². The number of anilines is 1. The van der Waals surface area contributed by atoms with E-state index in [0.717, 1.165) is 55.7 Å². The Hall–Kier alpha value is -3.65. The maximum Gasteiger partial charge on any atom is 0.259 e. The molecule has 8 nitrogen and oxygen atoms in total. The van der Waals surface area contributed by atoms with Crippen molar-refractivity contribution < 1.29 is 14.3 Å². The van der Waals surface area contributed by atoms with Crippen LogP contribution in [0.5, 0.6) is 5.75 Å². The highest BCUT2D eigenvalue weighted by Gasteiger charge is 2.21. The van der Waals surface area contributed by atoms with Gasteiger partial charge in [-0.05, 0) is 73.3 Å². The van der Waals surface area contributed by atoms with E-state index in [-0.39, 0.29) is 11.8 Å². The molecule has 2 aliphatic heterocycles. The summed E-state index contributed by atoms with van der Waals surface area (Å²) < 4.78 is 6.06. The summed E-state index contributed by atoms with van der Waals surface area (Å²) in [4.78, 5) is 27.0. The van der Waals surface area contributed by atoms with Gasteiger partial charge < -0.3 is 20.3 Å². The third-order valence-corrected chi connectivity index (χ3v) is 6.45. The number of hydrogen-bond donors (Lipinski definition) is 3. The highest BCUT2D eigenvalue weighted by atomic mass is 16.5. The maximum absolute atomic E-state index is 13.3. The summed E-state index contributed by atoms with van der Waals surface area (Å²) in [5.41, 5.74) is 5.63. The van der Waals surface area contributed by atoms with E-state index in [1.807, 2.05) is 23.1 Å². The van der Waals surface area contributed by atoms with Gasteiger partial charge in [0.15, 0.2) is 0 Å². The number of hydrogen-bond acceptors (Lipinski definition) is 5. The molecule has 1 fully saturated rings. The largest absolute Gasteiger partial charge is 0.491 e. The molecular weight excluding hydrogens is 430 g/mol. The van der Waals surface area contributed by atoms with Crippen LogP contribution in [0.3, 0.4) is 0 Å². The molecule has 1 saturated heterocycles. The summed E-state index contributed by atoms with van der Waals surface area (Å²) >= 11 is 0. The monoisotopic (exact) mass is 459 g/mol. The van der Waals surface area contributed by atoms with Gasteiger partial charge in [-0.25, -0.2) is 0 Å². The second-order valence-corrected chi connectivity index (χ2v) is 8.72. The standard InChI is InChI=1S/C26H29N5O3/c32-25-2-1-11-31(25)12-13-34-24-15-19(21-16-28-29-17-21)4-6-23(24)26(33)30-22-5-3-18-7-9-27-10-8-20(18)14-22/h3-6,14-17,27H,1-2,7-13H2,(H,28,29)(H,30,33). The lowest BCUT2D eigenvalue weighted by molar-refractivity contribution is -0.128. The Balaban J connectivity index is 1.35. The Morgan fingerprint density at radius 2 is 1.94 bits per heavy atom. The first-order valence-corrected chi connectivity index (χ1v) is 11.8. The molecule has 0 bridgehead atoms. The van der Waals surface area contributed by atoms with Crippen molar-refractivity contribution in [3.05, 3.63) is 65.5 Å². The summed E-state index contributed by atoms with van der Waals surface area (Å²) in [6.07, 6.45) is 6.96. The van der Waals surface area contributed by atoms with Crippen molar-refractivity contribution in [3.8, 4) is 16.9 Å². The van der Waals surface area contributed by atoms with Crippen LogP contribution in [0, 0.1) is 0 Å². The fourth-order valence-corrected chi connectivity index (χ4v) is 4.57. The van der Waals surface area contributed by atoms with Crippen LogP contribution in [0.1, 0.15) is 34.3 Å². The van der Waals surface area contributed by atoms with Crippen molar-refractivity contribution in [2.45, 2.75) is 25.7 Å². The van der Waals surface area contributed by atoms with E-state index in [0.29, 0.717) is 30.9 Å². The van der Waals surface area contributed by atoms with Crippen LogP contribution in [0.2, 0.25) is 0 Å². The Kier molecular flexibility index (Phi) is 6.58. The Morgan fingerprint density at radius 1 is 1.06 bits per heavy atom. The zero-order chi connectivity index (χ0) is 23.3. The molecule has 1 aromatic heterocycles. The van der Waals surface area contributed by atoms with Gasteiger partial charge in [0, 0.05) is 30.4 Å². The molecule has 176 valence electrons. The Morgan fingerprint density at radius 3 is 2.74 bits per heavy atom. The van der Waals surface area contributed by atoms with Crippen molar-refractivity contribution in [3.63, 3.8) is 0 Å². The number of fused-ring (bicyclic) bond motifs is 1. The van der Waals surface area contributed by atoms with E-state index < -0.39 is 0 Å². The first-order chi connectivity index (χ1) is 16.7. The molecule has 5 rings (SSSR count). The number of carbonyl (C=O) groups is 2. The average Bonchev–Trinajstić information content (AvgIpc) is 3.46. The van der Waals surface area contributed by atoms with Crippen LogP contribution >= 0.6 is 0 Å². The summed E-state index contributed by atoms with van der Waals surface area (Å²) in [6, 6.07) is 11.7. The van der Waals surface area contributed by atoms with E-state index in [2.05, 4.69) is 33.0 Å². The number of benzene rings is 2. The van der Waals surface area contributed by atoms with Crippen molar-refractivity contribution in [2.75, 3.05) is 38.1 Å². The number of amides is 2. The Bertz CT molecular complexity index is 1180. The van der Waals surface area contributed by atoms with Gasteiger partial charge in [-0.3, -0.25) is 14.7 Å². The number of rotatable bonds is 7. The van der Waals surface area contributed by atoms with Gasteiger partial charge in [-0.2, -0.15) is 5.10 Å². The van der Waals surface area contributed by atoms with E-state index in [9.17, 15) is 9.59 Å². The van der Waals surface area contributed by atoms with E-state index >= 15 is 0 Å². The molecular formula is C26H29N5O3. The number of likely N-dealkylation sites (tertiary alicyclic amines) is 1. The van der Waals surface area contributed by atoms with E-state index in [4.69, 9.17) is 4.74 Å². The van der Waals surface area contributed by atoms with Crippen LogP contribution in [0.15, 0.2) is 48.8 Å². The molecule has 3 N–H and O–H groups in total. The molecule has 34 heavy (non-hydrogen) atoms. The molecule has 0 radical (unpaired) electrons. The van der Waals surface area contributed by atoms with Gasteiger partial charge in [0.05, 0.1) is 18.3 Å². The summed E-state index contributed by atoms with van der Waals surface area (Å²) in [5.74, 6) is 0.423. The maximum atomic E-state index is 13.3. The minimum absolute atomic E-state index is 0.159.